The molecule has 0 aliphatic carbocycles. The highest BCUT2D eigenvalue weighted by atomic mass is 32.1. The van der Waals surface area contributed by atoms with E-state index in [9.17, 15) is 5.11 Å². The van der Waals surface area contributed by atoms with E-state index in [1.807, 2.05) is 27.1 Å². The van der Waals surface area contributed by atoms with Crippen LogP contribution < -0.4 is 4.90 Å². The van der Waals surface area contributed by atoms with Gasteiger partial charge in [-0.05, 0) is 39.4 Å². The quantitative estimate of drug-likeness (QED) is 0.706. The number of thiophene rings is 1. The molecule has 1 aliphatic rings. The zero-order valence-electron chi connectivity index (χ0n) is 16.8. The number of aliphatic hydroxyl groups is 1. The summed E-state index contributed by atoms with van der Waals surface area (Å²) >= 11 is 1.69. The molecule has 2 unspecified atom stereocenters. The van der Waals surface area contributed by atoms with Crippen LogP contribution in [0.5, 0.6) is 0 Å². The minimum atomic E-state index is -0.294. The summed E-state index contributed by atoms with van der Waals surface area (Å²) < 4.78 is 0. The molecule has 1 saturated heterocycles. The van der Waals surface area contributed by atoms with Crippen LogP contribution in [0.3, 0.4) is 0 Å². The van der Waals surface area contributed by atoms with Crippen LogP contribution in [-0.2, 0) is 6.54 Å². The van der Waals surface area contributed by atoms with E-state index in [1.54, 1.807) is 11.3 Å². The number of piperidine rings is 1. The zero-order chi connectivity index (χ0) is 19.7. The summed E-state index contributed by atoms with van der Waals surface area (Å²) in [6, 6.07) is 10.5. The molecule has 1 fully saturated rings. The maximum Gasteiger partial charge on any atom is 0.146 e. The Morgan fingerprint density at radius 1 is 1.25 bits per heavy atom. The molecule has 148 valence electrons. The number of aliphatic hydroxyl groups excluding tert-OH is 1. The van der Waals surface area contributed by atoms with E-state index in [0.717, 1.165) is 54.3 Å². The summed E-state index contributed by atoms with van der Waals surface area (Å²) in [6.07, 6.45) is 1.86. The molecule has 0 saturated carbocycles. The van der Waals surface area contributed by atoms with Crippen LogP contribution in [-0.4, -0.2) is 53.3 Å². The fourth-order valence-corrected chi connectivity index (χ4v) is 4.94. The van der Waals surface area contributed by atoms with E-state index >= 15 is 0 Å². The molecule has 1 aliphatic heterocycles. The highest BCUT2D eigenvalue weighted by molar-refractivity contribution is 7.17. The van der Waals surface area contributed by atoms with Gasteiger partial charge in [-0.25, -0.2) is 9.97 Å². The van der Waals surface area contributed by atoms with Gasteiger partial charge in [0, 0.05) is 30.0 Å². The molecule has 3 heterocycles. The van der Waals surface area contributed by atoms with Crippen molar-refractivity contribution >= 4 is 27.4 Å². The number of nitrogens with zero attached hydrogens (tertiary/aromatic N) is 4. The first-order valence-corrected chi connectivity index (χ1v) is 10.8. The highest BCUT2D eigenvalue weighted by Gasteiger charge is 2.27. The summed E-state index contributed by atoms with van der Waals surface area (Å²) in [7, 11) is 4.09. The van der Waals surface area contributed by atoms with E-state index in [4.69, 9.17) is 9.97 Å². The number of aromatic nitrogens is 2. The maximum atomic E-state index is 10.2. The molecule has 4 rings (SSSR count). The lowest BCUT2D eigenvalue weighted by Crippen LogP contribution is -2.40. The minimum Gasteiger partial charge on any atom is -0.393 e. The van der Waals surface area contributed by atoms with Crippen molar-refractivity contribution in [2.75, 3.05) is 32.1 Å². The predicted octanol–water partition coefficient (Wildman–Crippen LogP) is 4.02. The number of anilines is 1. The summed E-state index contributed by atoms with van der Waals surface area (Å²) in [5, 5.41) is 13.5. The molecule has 1 aromatic carbocycles. The number of rotatable bonds is 5. The van der Waals surface area contributed by atoms with Crippen LogP contribution in [0.15, 0.2) is 35.7 Å². The Labute approximate surface area is 170 Å². The zero-order valence-corrected chi connectivity index (χ0v) is 17.6. The minimum absolute atomic E-state index is 0.287. The number of hydrogen-bond acceptors (Lipinski definition) is 6. The summed E-state index contributed by atoms with van der Waals surface area (Å²) in [4.78, 5) is 15.4. The molecule has 28 heavy (non-hydrogen) atoms. The smallest absolute Gasteiger partial charge is 0.146 e. The Balaban J connectivity index is 1.84. The summed E-state index contributed by atoms with van der Waals surface area (Å²) in [5.41, 5.74) is 2.40. The monoisotopic (exact) mass is 396 g/mol. The summed E-state index contributed by atoms with van der Waals surface area (Å²) in [5.74, 6) is 2.16. The van der Waals surface area contributed by atoms with Gasteiger partial charge in [-0.15, -0.1) is 11.3 Å². The van der Waals surface area contributed by atoms with Crippen LogP contribution >= 0.6 is 11.3 Å². The molecule has 2 aromatic heterocycles. The van der Waals surface area contributed by atoms with Gasteiger partial charge in [-0.1, -0.05) is 30.3 Å². The van der Waals surface area contributed by atoms with Crippen LogP contribution in [0.2, 0.25) is 0 Å². The maximum absolute atomic E-state index is 10.2. The third kappa shape index (κ3) is 3.90. The first-order chi connectivity index (χ1) is 13.5. The second kappa shape index (κ2) is 8.15. The number of fused-ring (bicyclic) bond motifs is 1. The number of hydrogen-bond donors (Lipinski definition) is 1. The van der Waals surface area contributed by atoms with Crippen LogP contribution in [0.4, 0.5) is 5.82 Å². The normalized spacial score (nSPS) is 18.8. The van der Waals surface area contributed by atoms with Gasteiger partial charge in [0.05, 0.1) is 18.0 Å². The van der Waals surface area contributed by atoms with Crippen molar-refractivity contribution in [3.05, 3.63) is 41.5 Å². The molecule has 2 atom stereocenters. The van der Waals surface area contributed by atoms with E-state index in [1.165, 1.54) is 11.1 Å². The third-order valence-corrected chi connectivity index (χ3v) is 6.32. The fraction of sp³-hybridized carbons (Fsp3) is 0.455. The Morgan fingerprint density at radius 3 is 2.75 bits per heavy atom. The molecule has 5 nitrogen and oxygen atoms in total. The van der Waals surface area contributed by atoms with Gasteiger partial charge in [-0.3, -0.25) is 0 Å². The van der Waals surface area contributed by atoms with Crippen LogP contribution in [0.25, 0.3) is 21.3 Å². The van der Waals surface area contributed by atoms with Crippen molar-refractivity contribution in [1.82, 2.24) is 14.9 Å². The standard InChI is InChI=1S/C22H28N4OS/c1-15(27)17-10-7-11-26(12-17)21-20-18(16-8-5-4-6-9-16)14-28-22(20)24-19(23-21)13-25(2)3/h4-6,8-9,14-15,17,27H,7,10-13H2,1-3H3. The average Bonchev–Trinajstić information content (AvgIpc) is 3.11. The van der Waals surface area contributed by atoms with E-state index in [-0.39, 0.29) is 12.0 Å². The van der Waals surface area contributed by atoms with Crippen molar-refractivity contribution in [3.63, 3.8) is 0 Å². The Bertz CT molecular complexity index is 938. The molecule has 0 amide bonds. The van der Waals surface area contributed by atoms with Crippen LogP contribution in [0.1, 0.15) is 25.6 Å². The van der Waals surface area contributed by atoms with Crippen molar-refractivity contribution < 1.29 is 5.11 Å². The molecular weight excluding hydrogens is 368 g/mol. The van der Waals surface area contributed by atoms with E-state index in [0.29, 0.717) is 0 Å². The van der Waals surface area contributed by atoms with Crippen molar-refractivity contribution in [2.45, 2.75) is 32.4 Å². The first kappa shape index (κ1) is 19.3. The second-order valence-electron chi connectivity index (χ2n) is 7.99. The highest BCUT2D eigenvalue weighted by Crippen LogP contribution is 2.39. The van der Waals surface area contributed by atoms with Crippen LogP contribution in [0, 0.1) is 5.92 Å². The van der Waals surface area contributed by atoms with Gasteiger partial charge in [0.25, 0.3) is 0 Å². The molecular formula is C22H28N4OS. The second-order valence-corrected chi connectivity index (χ2v) is 8.84. The topological polar surface area (TPSA) is 52.5 Å². The summed E-state index contributed by atoms with van der Waals surface area (Å²) in [6.45, 7) is 4.44. The predicted molar refractivity (Wildman–Crippen MR) is 117 cm³/mol. The Hall–Kier alpha value is -2.02. The molecule has 6 heteroatoms. The molecule has 0 bridgehead atoms. The lowest BCUT2D eigenvalue weighted by Gasteiger charge is -2.35. The molecule has 0 radical (unpaired) electrons. The van der Waals surface area contributed by atoms with Gasteiger partial charge in [0.1, 0.15) is 16.5 Å². The molecule has 1 N–H and O–H groups in total. The van der Waals surface area contributed by atoms with Gasteiger partial charge < -0.3 is 14.9 Å². The van der Waals surface area contributed by atoms with E-state index < -0.39 is 0 Å². The third-order valence-electron chi connectivity index (χ3n) is 5.44. The molecule has 0 spiro atoms. The van der Waals surface area contributed by atoms with Gasteiger partial charge in [0.15, 0.2) is 0 Å². The SMILES string of the molecule is CC(O)C1CCCN(c2nc(CN(C)C)nc3scc(-c4ccccc4)c23)C1. The van der Waals surface area contributed by atoms with Gasteiger partial charge >= 0.3 is 0 Å². The lowest BCUT2D eigenvalue weighted by molar-refractivity contribution is 0.115. The first-order valence-electron chi connectivity index (χ1n) is 9.94. The van der Waals surface area contributed by atoms with Gasteiger partial charge in [0.2, 0.25) is 0 Å². The van der Waals surface area contributed by atoms with Gasteiger partial charge in [-0.2, -0.15) is 0 Å². The Morgan fingerprint density at radius 2 is 2.04 bits per heavy atom. The fourth-order valence-electron chi connectivity index (χ4n) is 3.98. The van der Waals surface area contributed by atoms with Crippen molar-refractivity contribution in [1.29, 1.82) is 0 Å². The largest absolute Gasteiger partial charge is 0.393 e. The Kier molecular flexibility index (Phi) is 5.62. The molecule has 3 aromatic rings. The number of benzene rings is 1. The lowest BCUT2D eigenvalue weighted by atomic mass is 9.93. The van der Waals surface area contributed by atoms with Crippen molar-refractivity contribution in [3.8, 4) is 11.1 Å². The van der Waals surface area contributed by atoms with E-state index in [2.05, 4.69) is 39.4 Å². The average molecular weight is 397 g/mol. The van der Waals surface area contributed by atoms with Crippen molar-refractivity contribution in [2.24, 2.45) is 5.92 Å².